The molecule has 1 aliphatic carbocycles. The Morgan fingerprint density at radius 3 is 2.79 bits per heavy atom. The van der Waals surface area contributed by atoms with Gasteiger partial charge >= 0.3 is 0 Å². The fraction of sp³-hybridized carbons (Fsp3) is 0.600. The molecule has 0 bridgehead atoms. The highest BCUT2D eigenvalue weighted by molar-refractivity contribution is 5.44. The molecule has 2 unspecified atom stereocenters. The molecule has 2 N–H and O–H groups in total. The molecule has 0 aromatic heterocycles. The molecule has 19 heavy (non-hydrogen) atoms. The Labute approximate surface area is 112 Å². The molecular weight excluding hydrogens is 245 g/mol. The lowest BCUT2D eigenvalue weighted by molar-refractivity contribution is -0.168. The summed E-state index contributed by atoms with van der Waals surface area (Å²) in [7, 11) is 0. The maximum atomic E-state index is 12.9. The molecule has 3 rings (SSSR count). The minimum Gasteiger partial charge on any atom is -0.385 e. The number of fused-ring (bicyclic) bond motifs is 1. The van der Waals surface area contributed by atoms with Crippen LogP contribution in [0, 0.1) is 5.82 Å². The first-order chi connectivity index (χ1) is 9.18. The highest BCUT2D eigenvalue weighted by atomic mass is 19.1. The minimum atomic E-state index is -0.787. The van der Waals surface area contributed by atoms with E-state index in [9.17, 15) is 9.50 Å². The molecule has 0 radical (unpaired) electrons. The van der Waals surface area contributed by atoms with Crippen molar-refractivity contribution in [3.8, 4) is 0 Å². The Balaban J connectivity index is 1.77. The molecule has 1 aliphatic heterocycles. The first-order valence-corrected chi connectivity index (χ1v) is 7.04. The third kappa shape index (κ3) is 2.47. The van der Waals surface area contributed by atoms with E-state index in [1.54, 1.807) is 12.1 Å². The van der Waals surface area contributed by atoms with Crippen molar-refractivity contribution in [2.75, 3.05) is 11.9 Å². The second-order valence-electron chi connectivity index (χ2n) is 5.59. The van der Waals surface area contributed by atoms with E-state index in [0.717, 1.165) is 44.4 Å². The van der Waals surface area contributed by atoms with Gasteiger partial charge in [-0.2, -0.15) is 0 Å². The molecule has 1 aromatic carbocycles. The van der Waals surface area contributed by atoms with E-state index in [2.05, 4.69) is 5.32 Å². The van der Waals surface area contributed by atoms with Crippen molar-refractivity contribution in [1.82, 2.24) is 0 Å². The van der Waals surface area contributed by atoms with E-state index in [4.69, 9.17) is 4.74 Å². The molecule has 0 spiro atoms. The molecule has 1 heterocycles. The standard InChI is InChI=1S/C15H20FNO2/c16-11-5-7-12(8-6-11)17-13-3-1-4-14-15(13,18)9-2-10-19-14/h5-8,13-14,17-18H,1-4,9-10H2/t13?,14-,15?/m0/s1. The lowest BCUT2D eigenvalue weighted by Crippen LogP contribution is -2.60. The van der Waals surface area contributed by atoms with Gasteiger partial charge in [-0.05, 0) is 56.4 Å². The Kier molecular flexibility index (Phi) is 3.46. The van der Waals surface area contributed by atoms with Crippen LogP contribution in [0.25, 0.3) is 0 Å². The summed E-state index contributed by atoms with van der Waals surface area (Å²) in [6, 6.07) is 6.28. The smallest absolute Gasteiger partial charge is 0.123 e. The summed E-state index contributed by atoms with van der Waals surface area (Å²) in [5.41, 5.74) is 0.0660. The maximum Gasteiger partial charge on any atom is 0.123 e. The second-order valence-corrected chi connectivity index (χ2v) is 5.59. The van der Waals surface area contributed by atoms with E-state index < -0.39 is 5.60 Å². The topological polar surface area (TPSA) is 41.5 Å². The summed E-state index contributed by atoms with van der Waals surface area (Å²) < 4.78 is 18.6. The molecule has 1 aromatic rings. The predicted molar refractivity (Wildman–Crippen MR) is 71.6 cm³/mol. The number of hydrogen-bond donors (Lipinski definition) is 2. The Morgan fingerprint density at radius 1 is 1.21 bits per heavy atom. The number of aliphatic hydroxyl groups is 1. The average molecular weight is 265 g/mol. The van der Waals surface area contributed by atoms with Crippen LogP contribution in [-0.4, -0.2) is 29.5 Å². The van der Waals surface area contributed by atoms with Gasteiger partial charge in [-0.1, -0.05) is 0 Å². The quantitative estimate of drug-likeness (QED) is 0.864. The van der Waals surface area contributed by atoms with Crippen LogP contribution in [0.15, 0.2) is 24.3 Å². The number of hydrogen-bond acceptors (Lipinski definition) is 3. The van der Waals surface area contributed by atoms with Crippen molar-refractivity contribution in [3.05, 3.63) is 30.1 Å². The molecule has 3 nitrogen and oxygen atoms in total. The number of benzene rings is 1. The van der Waals surface area contributed by atoms with Crippen LogP contribution in [0.2, 0.25) is 0 Å². The molecule has 1 saturated heterocycles. The predicted octanol–water partition coefficient (Wildman–Crippen LogP) is 2.70. The van der Waals surface area contributed by atoms with Crippen molar-refractivity contribution >= 4 is 5.69 Å². The largest absolute Gasteiger partial charge is 0.385 e. The van der Waals surface area contributed by atoms with E-state index in [1.165, 1.54) is 12.1 Å². The van der Waals surface area contributed by atoms with E-state index in [-0.39, 0.29) is 18.0 Å². The number of nitrogens with one attached hydrogen (secondary N) is 1. The van der Waals surface area contributed by atoms with Crippen LogP contribution in [0.3, 0.4) is 0 Å². The van der Waals surface area contributed by atoms with Gasteiger partial charge in [0.15, 0.2) is 0 Å². The lowest BCUT2D eigenvalue weighted by Gasteiger charge is -2.48. The summed E-state index contributed by atoms with van der Waals surface area (Å²) >= 11 is 0. The summed E-state index contributed by atoms with van der Waals surface area (Å²) in [5, 5.41) is 14.3. The van der Waals surface area contributed by atoms with Crippen LogP contribution in [-0.2, 0) is 4.74 Å². The highest BCUT2D eigenvalue weighted by Gasteiger charge is 2.48. The van der Waals surface area contributed by atoms with Crippen LogP contribution < -0.4 is 5.32 Å². The van der Waals surface area contributed by atoms with Gasteiger partial charge in [0.05, 0.1) is 12.1 Å². The first-order valence-electron chi connectivity index (χ1n) is 7.04. The lowest BCUT2D eigenvalue weighted by atomic mass is 9.74. The third-order valence-electron chi connectivity index (χ3n) is 4.35. The monoisotopic (exact) mass is 265 g/mol. The number of halogens is 1. The van der Waals surface area contributed by atoms with E-state index in [0.29, 0.717) is 0 Å². The summed E-state index contributed by atoms with van der Waals surface area (Å²) in [5.74, 6) is -0.244. The molecule has 1 saturated carbocycles. The first kappa shape index (κ1) is 12.9. The van der Waals surface area contributed by atoms with E-state index in [1.807, 2.05) is 0 Å². The molecule has 3 atom stereocenters. The van der Waals surface area contributed by atoms with Crippen molar-refractivity contribution in [3.63, 3.8) is 0 Å². The maximum absolute atomic E-state index is 12.9. The van der Waals surface area contributed by atoms with Crippen molar-refractivity contribution in [1.29, 1.82) is 0 Å². The van der Waals surface area contributed by atoms with Gasteiger partial charge in [0.1, 0.15) is 11.4 Å². The van der Waals surface area contributed by atoms with Gasteiger partial charge < -0.3 is 15.2 Å². The zero-order valence-corrected chi connectivity index (χ0v) is 10.9. The zero-order chi connectivity index (χ0) is 13.3. The Morgan fingerprint density at radius 2 is 2.00 bits per heavy atom. The van der Waals surface area contributed by atoms with Crippen LogP contribution in [0.1, 0.15) is 32.1 Å². The molecular formula is C15H20FNO2. The summed E-state index contributed by atoms with van der Waals surface area (Å²) in [6.07, 6.45) is 4.51. The Bertz CT molecular complexity index is 434. The van der Waals surface area contributed by atoms with Gasteiger partial charge in [-0.3, -0.25) is 0 Å². The van der Waals surface area contributed by atoms with Gasteiger partial charge in [0.2, 0.25) is 0 Å². The average Bonchev–Trinajstić information content (AvgIpc) is 2.42. The molecule has 104 valence electrons. The van der Waals surface area contributed by atoms with Crippen molar-refractivity contribution < 1.29 is 14.2 Å². The zero-order valence-electron chi connectivity index (χ0n) is 10.9. The number of anilines is 1. The number of ether oxygens (including phenoxy) is 1. The fourth-order valence-corrected chi connectivity index (χ4v) is 3.32. The minimum absolute atomic E-state index is 0.0167. The van der Waals surface area contributed by atoms with Gasteiger partial charge in [0, 0.05) is 12.3 Å². The summed E-state index contributed by atoms with van der Waals surface area (Å²) in [6.45, 7) is 0.746. The van der Waals surface area contributed by atoms with Crippen molar-refractivity contribution in [2.24, 2.45) is 0 Å². The Hall–Kier alpha value is -1.13. The van der Waals surface area contributed by atoms with Crippen molar-refractivity contribution in [2.45, 2.75) is 49.9 Å². The second kappa shape index (κ2) is 5.10. The highest BCUT2D eigenvalue weighted by Crippen LogP contribution is 2.39. The molecule has 0 amide bonds. The van der Waals surface area contributed by atoms with Gasteiger partial charge in [-0.15, -0.1) is 0 Å². The van der Waals surface area contributed by atoms with Crippen LogP contribution in [0.4, 0.5) is 10.1 Å². The normalized spacial score (nSPS) is 34.6. The van der Waals surface area contributed by atoms with Gasteiger partial charge in [0.25, 0.3) is 0 Å². The molecule has 2 aliphatic rings. The fourth-order valence-electron chi connectivity index (χ4n) is 3.32. The SMILES string of the molecule is OC12CCCO[C@H]1CCCC2Nc1ccc(F)cc1. The third-order valence-corrected chi connectivity index (χ3v) is 4.35. The van der Waals surface area contributed by atoms with Gasteiger partial charge in [-0.25, -0.2) is 4.39 Å². The van der Waals surface area contributed by atoms with E-state index >= 15 is 0 Å². The van der Waals surface area contributed by atoms with Crippen LogP contribution in [0.5, 0.6) is 0 Å². The van der Waals surface area contributed by atoms with Crippen LogP contribution >= 0.6 is 0 Å². The molecule has 2 fully saturated rings. The summed E-state index contributed by atoms with van der Waals surface area (Å²) in [4.78, 5) is 0. The molecule has 4 heteroatoms. The number of rotatable bonds is 2.